The first-order valence-corrected chi connectivity index (χ1v) is 4.54. The van der Waals surface area contributed by atoms with Crippen LogP contribution in [-0.4, -0.2) is 0 Å². The third-order valence-electron chi connectivity index (χ3n) is 1.05. The highest BCUT2D eigenvalue weighted by atomic mass is 79.9. The fourth-order valence-corrected chi connectivity index (χ4v) is 1.71. The molecular weight excluding hydrogens is 208 g/mol. The minimum absolute atomic E-state index is 1.12. The quantitative estimate of drug-likeness (QED) is 0.678. The van der Waals surface area contributed by atoms with Crippen molar-refractivity contribution < 1.29 is 0 Å². The highest BCUT2D eigenvalue weighted by Gasteiger charge is 1.93. The van der Waals surface area contributed by atoms with E-state index in [4.69, 9.17) is 0 Å². The van der Waals surface area contributed by atoms with Crippen molar-refractivity contribution in [1.29, 1.82) is 0 Å². The molecule has 0 spiro atoms. The van der Waals surface area contributed by atoms with Gasteiger partial charge in [-0.3, -0.25) is 0 Å². The van der Waals surface area contributed by atoms with E-state index in [0.717, 1.165) is 4.47 Å². The predicted molar refractivity (Wildman–Crippen MR) is 50.2 cm³/mol. The van der Waals surface area contributed by atoms with Gasteiger partial charge in [0.15, 0.2) is 0 Å². The lowest BCUT2D eigenvalue weighted by molar-refractivity contribution is 1.42. The Kier molecular flexibility index (Phi) is 3.03. The zero-order chi connectivity index (χ0) is 7.40. The Hall–Kier alpha value is -0.210. The van der Waals surface area contributed by atoms with Gasteiger partial charge in [0.2, 0.25) is 0 Å². The molecule has 0 fully saturated rings. The molecule has 0 nitrogen and oxygen atoms in total. The van der Waals surface area contributed by atoms with Crippen molar-refractivity contribution in [2.75, 3.05) is 0 Å². The molecule has 0 radical (unpaired) electrons. The molecule has 0 bridgehead atoms. The Morgan fingerprint density at radius 2 is 2.10 bits per heavy atom. The van der Waals surface area contributed by atoms with E-state index in [1.54, 1.807) is 11.8 Å². The predicted octanol–water partition coefficient (Wildman–Crippen LogP) is 3.68. The highest BCUT2D eigenvalue weighted by molar-refractivity contribution is 9.10. The van der Waals surface area contributed by atoms with Crippen LogP contribution in [0, 0.1) is 0 Å². The van der Waals surface area contributed by atoms with Crippen LogP contribution in [0.25, 0.3) is 0 Å². The van der Waals surface area contributed by atoms with E-state index in [1.807, 2.05) is 23.6 Å². The number of thioether (sulfide) groups is 1. The number of hydrogen-bond acceptors (Lipinski definition) is 1. The van der Waals surface area contributed by atoms with Crippen LogP contribution in [0.1, 0.15) is 0 Å². The number of rotatable bonds is 2. The molecular formula is C8H7BrS. The maximum absolute atomic E-state index is 3.64. The molecule has 0 amide bonds. The average Bonchev–Trinajstić information content (AvgIpc) is 1.94. The van der Waals surface area contributed by atoms with Crippen molar-refractivity contribution in [3.8, 4) is 0 Å². The smallest absolute Gasteiger partial charge is 0.0314 e. The molecule has 0 aliphatic rings. The topological polar surface area (TPSA) is 0 Å². The second-order valence-corrected chi connectivity index (χ2v) is 3.58. The molecule has 10 heavy (non-hydrogen) atoms. The summed E-state index contributed by atoms with van der Waals surface area (Å²) >= 11 is 5.05. The molecule has 1 aromatic rings. The van der Waals surface area contributed by atoms with E-state index in [9.17, 15) is 0 Å². The van der Waals surface area contributed by atoms with Gasteiger partial charge in [-0.15, -0.1) is 0 Å². The normalized spacial score (nSPS) is 9.30. The average molecular weight is 215 g/mol. The summed E-state index contributed by atoms with van der Waals surface area (Å²) in [7, 11) is 0. The summed E-state index contributed by atoms with van der Waals surface area (Å²) in [5.41, 5.74) is 0. The number of hydrogen-bond donors (Lipinski definition) is 0. The summed E-state index contributed by atoms with van der Waals surface area (Å²) in [6.07, 6.45) is 0. The van der Waals surface area contributed by atoms with E-state index in [0.29, 0.717) is 0 Å². The minimum Gasteiger partial charge on any atom is -0.0975 e. The van der Waals surface area contributed by atoms with Gasteiger partial charge in [0.05, 0.1) is 0 Å². The van der Waals surface area contributed by atoms with Gasteiger partial charge in [-0.2, -0.15) is 0 Å². The SMILES string of the molecule is C=CSc1ccccc1Br. The summed E-state index contributed by atoms with van der Waals surface area (Å²) in [5.74, 6) is 0. The van der Waals surface area contributed by atoms with Crippen molar-refractivity contribution in [2.45, 2.75) is 4.90 Å². The van der Waals surface area contributed by atoms with Gasteiger partial charge in [-0.05, 0) is 33.5 Å². The maximum Gasteiger partial charge on any atom is 0.0314 e. The first kappa shape index (κ1) is 7.89. The zero-order valence-corrected chi connectivity index (χ0v) is 7.78. The Morgan fingerprint density at radius 1 is 1.40 bits per heavy atom. The Morgan fingerprint density at radius 3 is 2.70 bits per heavy atom. The van der Waals surface area contributed by atoms with Gasteiger partial charge in [0, 0.05) is 9.37 Å². The van der Waals surface area contributed by atoms with Crippen LogP contribution in [0.3, 0.4) is 0 Å². The van der Waals surface area contributed by atoms with Gasteiger partial charge >= 0.3 is 0 Å². The first-order valence-electron chi connectivity index (χ1n) is 2.86. The van der Waals surface area contributed by atoms with Crippen molar-refractivity contribution >= 4 is 27.7 Å². The maximum atomic E-state index is 3.64. The monoisotopic (exact) mass is 214 g/mol. The fraction of sp³-hybridized carbons (Fsp3) is 0. The van der Waals surface area contributed by atoms with Crippen LogP contribution < -0.4 is 0 Å². The highest BCUT2D eigenvalue weighted by Crippen LogP contribution is 2.26. The molecule has 1 rings (SSSR count). The lowest BCUT2D eigenvalue weighted by Gasteiger charge is -1.96. The molecule has 0 atom stereocenters. The van der Waals surface area contributed by atoms with E-state index in [2.05, 4.69) is 28.6 Å². The van der Waals surface area contributed by atoms with Gasteiger partial charge in [-0.1, -0.05) is 30.5 Å². The summed E-state index contributed by atoms with van der Waals surface area (Å²) in [6.45, 7) is 3.64. The third-order valence-corrected chi connectivity index (χ3v) is 2.78. The zero-order valence-electron chi connectivity index (χ0n) is 5.38. The van der Waals surface area contributed by atoms with Gasteiger partial charge in [0.1, 0.15) is 0 Å². The van der Waals surface area contributed by atoms with Crippen LogP contribution in [0.2, 0.25) is 0 Å². The van der Waals surface area contributed by atoms with E-state index < -0.39 is 0 Å². The Balaban J connectivity index is 2.91. The molecule has 0 N–H and O–H groups in total. The first-order chi connectivity index (χ1) is 4.84. The van der Waals surface area contributed by atoms with Crippen LogP contribution in [-0.2, 0) is 0 Å². The van der Waals surface area contributed by atoms with Crippen LogP contribution in [0.4, 0.5) is 0 Å². The van der Waals surface area contributed by atoms with Crippen molar-refractivity contribution in [2.24, 2.45) is 0 Å². The summed E-state index contributed by atoms with van der Waals surface area (Å²) in [4.78, 5) is 1.21. The second kappa shape index (κ2) is 3.84. The van der Waals surface area contributed by atoms with Crippen molar-refractivity contribution in [3.05, 3.63) is 40.7 Å². The van der Waals surface area contributed by atoms with Gasteiger partial charge < -0.3 is 0 Å². The molecule has 0 aromatic heterocycles. The van der Waals surface area contributed by atoms with Crippen molar-refractivity contribution in [1.82, 2.24) is 0 Å². The summed E-state index contributed by atoms with van der Waals surface area (Å²) in [5, 5.41) is 1.82. The molecule has 0 heterocycles. The molecule has 0 saturated heterocycles. The lowest BCUT2D eigenvalue weighted by Crippen LogP contribution is -1.68. The second-order valence-electron chi connectivity index (χ2n) is 1.71. The van der Waals surface area contributed by atoms with E-state index in [-0.39, 0.29) is 0 Å². The molecule has 0 aliphatic carbocycles. The molecule has 1 aromatic carbocycles. The molecule has 0 unspecified atom stereocenters. The molecule has 2 heteroatoms. The van der Waals surface area contributed by atoms with Crippen LogP contribution >= 0.6 is 27.7 Å². The van der Waals surface area contributed by atoms with Crippen LogP contribution in [0.5, 0.6) is 0 Å². The van der Waals surface area contributed by atoms with Gasteiger partial charge in [0.25, 0.3) is 0 Å². The largest absolute Gasteiger partial charge is 0.0975 e. The molecule has 0 saturated carbocycles. The third kappa shape index (κ3) is 1.89. The molecule has 52 valence electrons. The lowest BCUT2D eigenvalue weighted by atomic mass is 10.4. The summed E-state index contributed by atoms with van der Waals surface area (Å²) in [6, 6.07) is 8.08. The molecule has 0 aliphatic heterocycles. The Bertz CT molecular complexity index is 232. The summed E-state index contributed by atoms with van der Waals surface area (Å²) < 4.78 is 1.12. The minimum atomic E-state index is 1.12. The van der Waals surface area contributed by atoms with E-state index >= 15 is 0 Å². The van der Waals surface area contributed by atoms with Crippen molar-refractivity contribution in [3.63, 3.8) is 0 Å². The van der Waals surface area contributed by atoms with Gasteiger partial charge in [-0.25, -0.2) is 0 Å². The fourth-order valence-electron chi connectivity index (χ4n) is 0.630. The Labute approximate surface area is 73.5 Å². The number of halogens is 1. The standard InChI is InChI=1S/C8H7BrS/c1-2-10-8-6-4-3-5-7(8)9/h2-6H,1H2. The van der Waals surface area contributed by atoms with Crippen LogP contribution in [0.15, 0.2) is 45.6 Å². The number of benzene rings is 1. The van der Waals surface area contributed by atoms with E-state index in [1.165, 1.54) is 4.90 Å².